The van der Waals surface area contributed by atoms with Gasteiger partial charge in [-0.25, -0.2) is 9.97 Å². The summed E-state index contributed by atoms with van der Waals surface area (Å²) in [6, 6.07) is 5.96. The third-order valence-electron chi connectivity index (χ3n) is 5.00. The lowest BCUT2D eigenvalue weighted by Crippen LogP contribution is -2.24. The van der Waals surface area contributed by atoms with Gasteiger partial charge >= 0.3 is 6.18 Å². The highest BCUT2D eigenvalue weighted by molar-refractivity contribution is 6.34. The third-order valence-corrected chi connectivity index (χ3v) is 5.40. The summed E-state index contributed by atoms with van der Waals surface area (Å²) < 4.78 is 48.7. The van der Waals surface area contributed by atoms with Crippen LogP contribution in [0.3, 0.4) is 0 Å². The van der Waals surface area contributed by atoms with Crippen molar-refractivity contribution in [3.8, 4) is 39.7 Å². The topological polar surface area (TPSA) is 110 Å². The van der Waals surface area contributed by atoms with E-state index in [1.54, 1.807) is 6.07 Å². The van der Waals surface area contributed by atoms with Crippen LogP contribution >= 0.6 is 11.6 Å². The number of aromatic hydroxyl groups is 1. The summed E-state index contributed by atoms with van der Waals surface area (Å²) in [6.07, 6.45) is -0.898. The van der Waals surface area contributed by atoms with E-state index < -0.39 is 17.5 Å². The summed E-state index contributed by atoms with van der Waals surface area (Å²) >= 11 is 6.24. The Bertz CT molecular complexity index is 1310. The first-order valence-corrected chi connectivity index (χ1v) is 10.5. The Morgan fingerprint density at radius 1 is 1.09 bits per heavy atom. The van der Waals surface area contributed by atoms with Gasteiger partial charge in [0, 0.05) is 24.5 Å². The molecule has 0 aliphatic carbocycles. The van der Waals surface area contributed by atoms with Gasteiger partial charge in [0.15, 0.2) is 17.3 Å². The van der Waals surface area contributed by atoms with Gasteiger partial charge in [-0.2, -0.15) is 18.3 Å². The van der Waals surface area contributed by atoms with Crippen LogP contribution in [-0.2, 0) is 12.7 Å². The number of phenolic OH excluding ortho intramolecular Hbond substituents is 1. The number of phenols is 1. The Hall–Kier alpha value is -3.44. The molecule has 3 heterocycles. The maximum absolute atomic E-state index is 14.2. The molecule has 3 aromatic heterocycles. The molecule has 0 bridgehead atoms. The van der Waals surface area contributed by atoms with E-state index in [1.165, 1.54) is 44.4 Å². The van der Waals surface area contributed by atoms with Crippen molar-refractivity contribution in [1.82, 2.24) is 24.9 Å². The van der Waals surface area contributed by atoms with E-state index in [-0.39, 0.29) is 57.7 Å². The molecule has 0 fully saturated rings. The molecule has 0 saturated heterocycles. The minimum Gasteiger partial charge on any atom is -0.506 e. The molecule has 0 aliphatic rings. The maximum Gasteiger partial charge on any atom is 0.433 e. The minimum atomic E-state index is -4.80. The van der Waals surface area contributed by atoms with E-state index in [9.17, 15) is 23.4 Å². The van der Waals surface area contributed by atoms with Crippen LogP contribution in [0.4, 0.5) is 13.2 Å². The van der Waals surface area contributed by atoms with Crippen LogP contribution in [-0.4, -0.2) is 40.7 Å². The average Bonchev–Trinajstić information content (AvgIpc) is 3.38. The molecule has 1 aromatic carbocycles. The SMILES string of the molecule is CC(C)(O)CCn1ncc(-c2onc(-c3cccc(O)c3Cl)c2-c2ncccn2)c1C(F)(F)F. The zero-order chi connectivity index (χ0) is 24.7. The first kappa shape index (κ1) is 23.7. The van der Waals surface area contributed by atoms with Crippen LogP contribution in [0.15, 0.2) is 47.4 Å². The molecule has 0 unspecified atom stereocenters. The average molecular weight is 494 g/mol. The molecule has 12 heteroatoms. The van der Waals surface area contributed by atoms with Crippen molar-refractivity contribution in [3.05, 3.63) is 53.6 Å². The predicted molar refractivity (Wildman–Crippen MR) is 117 cm³/mol. The highest BCUT2D eigenvalue weighted by atomic mass is 35.5. The quantitative estimate of drug-likeness (QED) is 0.380. The molecular formula is C22H19ClF3N5O3. The molecule has 178 valence electrons. The number of aliphatic hydroxyl groups is 1. The minimum absolute atomic E-state index is 0.0341. The van der Waals surface area contributed by atoms with E-state index in [0.717, 1.165) is 10.9 Å². The van der Waals surface area contributed by atoms with Gasteiger partial charge in [-0.15, -0.1) is 0 Å². The van der Waals surface area contributed by atoms with Crippen molar-refractivity contribution in [1.29, 1.82) is 0 Å². The Morgan fingerprint density at radius 2 is 1.79 bits per heavy atom. The van der Waals surface area contributed by atoms with Gasteiger partial charge in [-0.1, -0.05) is 28.9 Å². The molecule has 0 saturated carbocycles. The number of aryl methyl sites for hydroxylation is 1. The van der Waals surface area contributed by atoms with E-state index >= 15 is 0 Å². The van der Waals surface area contributed by atoms with Crippen molar-refractivity contribution in [3.63, 3.8) is 0 Å². The van der Waals surface area contributed by atoms with Crippen LogP contribution in [0.1, 0.15) is 26.0 Å². The van der Waals surface area contributed by atoms with Crippen LogP contribution < -0.4 is 0 Å². The molecule has 4 aromatic rings. The zero-order valence-electron chi connectivity index (χ0n) is 18.0. The van der Waals surface area contributed by atoms with Crippen LogP contribution in [0.5, 0.6) is 5.75 Å². The lowest BCUT2D eigenvalue weighted by molar-refractivity contribution is -0.144. The van der Waals surface area contributed by atoms with Gasteiger partial charge in [0.25, 0.3) is 0 Å². The molecule has 34 heavy (non-hydrogen) atoms. The van der Waals surface area contributed by atoms with Crippen LogP contribution in [0.25, 0.3) is 34.0 Å². The number of hydrogen-bond acceptors (Lipinski definition) is 7. The van der Waals surface area contributed by atoms with Crippen molar-refractivity contribution in [2.24, 2.45) is 0 Å². The van der Waals surface area contributed by atoms with Crippen LogP contribution in [0.2, 0.25) is 5.02 Å². The summed E-state index contributed by atoms with van der Waals surface area (Å²) in [5, 5.41) is 27.8. The monoisotopic (exact) mass is 493 g/mol. The molecular weight excluding hydrogens is 475 g/mol. The number of benzene rings is 1. The second-order valence-corrected chi connectivity index (χ2v) is 8.51. The number of hydrogen-bond donors (Lipinski definition) is 2. The van der Waals surface area contributed by atoms with Gasteiger partial charge in [0.2, 0.25) is 0 Å². The van der Waals surface area contributed by atoms with E-state index in [1.807, 2.05) is 0 Å². The number of nitrogens with zero attached hydrogens (tertiary/aromatic N) is 5. The molecule has 8 nitrogen and oxygen atoms in total. The lowest BCUT2D eigenvalue weighted by atomic mass is 10.0. The lowest BCUT2D eigenvalue weighted by Gasteiger charge is -2.18. The summed E-state index contributed by atoms with van der Waals surface area (Å²) in [5.74, 6) is -0.452. The fourth-order valence-electron chi connectivity index (χ4n) is 3.40. The molecule has 2 N–H and O–H groups in total. The van der Waals surface area contributed by atoms with Gasteiger partial charge in [0.05, 0.1) is 27.9 Å². The van der Waals surface area contributed by atoms with Crippen molar-refractivity contribution >= 4 is 11.6 Å². The summed E-state index contributed by atoms with van der Waals surface area (Å²) in [5.41, 5.74) is -2.30. The predicted octanol–water partition coefficient (Wildman–Crippen LogP) is 5.20. The number of halogens is 4. The van der Waals surface area contributed by atoms with Crippen LogP contribution in [0, 0.1) is 0 Å². The van der Waals surface area contributed by atoms with Crippen molar-refractivity contribution < 1.29 is 27.9 Å². The van der Waals surface area contributed by atoms with E-state index in [4.69, 9.17) is 16.1 Å². The van der Waals surface area contributed by atoms with Gasteiger partial charge in [0.1, 0.15) is 11.4 Å². The number of rotatable bonds is 6. The Labute approximate surface area is 196 Å². The Balaban J connectivity index is 1.95. The fourth-order valence-corrected chi connectivity index (χ4v) is 3.61. The van der Waals surface area contributed by atoms with Crippen molar-refractivity contribution in [2.45, 2.75) is 38.6 Å². The molecule has 0 atom stereocenters. The second-order valence-electron chi connectivity index (χ2n) is 8.14. The molecule has 0 spiro atoms. The standard InChI is InChI=1S/C22H19ClF3N5O3/c1-21(2,33)7-10-31-19(22(24,25)26)13(11-29-31)18-15(20-27-8-4-9-28-20)17(30-34-18)12-5-3-6-14(32)16(12)23/h3-6,8-9,11,32-33H,7,10H2,1-2H3. The Kier molecular flexibility index (Phi) is 6.09. The smallest absolute Gasteiger partial charge is 0.433 e. The first-order valence-electron chi connectivity index (χ1n) is 10.1. The summed E-state index contributed by atoms with van der Waals surface area (Å²) in [6.45, 7) is 2.81. The number of alkyl halides is 3. The zero-order valence-corrected chi connectivity index (χ0v) is 18.8. The normalized spacial score (nSPS) is 12.3. The highest BCUT2D eigenvalue weighted by Crippen LogP contribution is 2.45. The van der Waals surface area contributed by atoms with Gasteiger partial charge in [-0.05, 0) is 32.4 Å². The molecule has 4 rings (SSSR count). The summed E-state index contributed by atoms with van der Waals surface area (Å²) in [7, 11) is 0. The maximum atomic E-state index is 14.2. The van der Waals surface area contributed by atoms with Crippen molar-refractivity contribution in [2.75, 3.05) is 0 Å². The molecule has 0 amide bonds. The first-order chi connectivity index (χ1) is 16.0. The fraction of sp³-hybridized carbons (Fsp3) is 0.273. The summed E-state index contributed by atoms with van der Waals surface area (Å²) in [4.78, 5) is 8.31. The third kappa shape index (κ3) is 4.62. The van der Waals surface area contributed by atoms with Gasteiger partial charge < -0.3 is 14.7 Å². The number of aromatic nitrogens is 5. The van der Waals surface area contributed by atoms with E-state index in [0.29, 0.717) is 0 Å². The second kappa shape index (κ2) is 8.73. The molecule has 0 aliphatic heterocycles. The highest BCUT2D eigenvalue weighted by Gasteiger charge is 2.41. The Morgan fingerprint density at radius 3 is 2.44 bits per heavy atom. The van der Waals surface area contributed by atoms with Gasteiger partial charge in [-0.3, -0.25) is 4.68 Å². The van der Waals surface area contributed by atoms with E-state index in [2.05, 4.69) is 20.2 Å². The largest absolute Gasteiger partial charge is 0.506 e. The molecule has 0 radical (unpaired) electrons.